The molecule has 1 aliphatic heterocycles. The molecule has 5 heteroatoms. The fourth-order valence-electron chi connectivity index (χ4n) is 4.29. The number of rotatable bonds is 5. The summed E-state index contributed by atoms with van der Waals surface area (Å²) in [7, 11) is 6.18. The minimum atomic E-state index is 0.130. The van der Waals surface area contributed by atoms with Crippen LogP contribution in [0, 0.1) is 0 Å². The lowest BCUT2D eigenvalue weighted by Crippen LogP contribution is -2.57. The number of aliphatic imine (C=N–C) groups is 1. The normalized spacial score (nSPS) is 20.9. The largest absolute Gasteiger partial charge is 0.381 e. The summed E-state index contributed by atoms with van der Waals surface area (Å²) in [6.45, 7) is 4.75. The van der Waals surface area contributed by atoms with Gasteiger partial charge in [-0.05, 0) is 76.2 Å². The van der Waals surface area contributed by atoms with Crippen LogP contribution in [0.5, 0.6) is 0 Å². The van der Waals surface area contributed by atoms with Crippen molar-refractivity contribution in [1.82, 2.24) is 15.5 Å². The molecule has 0 radical (unpaired) electrons. The van der Waals surface area contributed by atoms with E-state index in [2.05, 4.69) is 59.7 Å². The lowest BCUT2D eigenvalue weighted by atomic mass is 9.88. The van der Waals surface area contributed by atoms with Gasteiger partial charge in [0.2, 0.25) is 0 Å². The summed E-state index contributed by atoms with van der Waals surface area (Å²) in [6, 6.07) is 7.21. The molecule has 1 unspecified atom stereocenters. The molecule has 1 aromatic rings. The lowest BCUT2D eigenvalue weighted by Gasteiger charge is -2.43. The van der Waals surface area contributed by atoms with E-state index in [0.717, 1.165) is 38.6 Å². The third-order valence-corrected chi connectivity index (χ3v) is 6.41. The van der Waals surface area contributed by atoms with E-state index in [9.17, 15) is 0 Å². The maximum absolute atomic E-state index is 5.58. The number of guanidine groups is 1. The van der Waals surface area contributed by atoms with Gasteiger partial charge in [0.25, 0.3) is 0 Å². The number of nitrogens with zero attached hydrogens (tertiary/aromatic N) is 2. The Labute approximate surface area is 164 Å². The summed E-state index contributed by atoms with van der Waals surface area (Å²) in [6.07, 6.45) is 7.19. The zero-order valence-electron chi connectivity index (χ0n) is 17.5. The second-order valence-corrected chi connectivity index (χ2v) is 8.26. The summed E-state index contributed by atoms with van der Waals surface area (Å²) in [4.78, 5) is 6.80. The van der Waals surface area contributed by atoms with Gasteiger partial charge in [-0.25, -0.2) is 0 Å². The van der Waals surface area contributed by atoms with Crippen molar-refractivity contribution >= 4 is 5.96 Å². The zero-order valence-corrected chi connectivity index (χ0v) is 17.5. The van der Waals surface area contributed by atoms with Crippen LogP contribution in [0.1, 0.15) is 55.3 Å². The highest BCUT2D eigenvalue weighted by atomic mass is 16.5. The van der Waals surface area contributed by atoms with E-state index >= 15 is 0 Å². The Bertz CT molecular complexity index is 650. The highest BCUT2D eigenvalue weighted by Crippen LogP contribution is 2.26. The van der Waals surface area contributed by atoms with Gasteiger partial charge in [0.1, 0.15) is 0 Å². The molecule has 0 aromatic heterocycles. The SMILES string of the molecule is CN=C(NCC1(N(C)C)CCOCC1)NC(C)c1ccc2c(c1)CCCC2. The van der Waals surface area contributed by atoms with Gasteiger partial charge in [-0.15, -0.1) is 0 Å². The van der Waals surface area contributed by atoms with Crippen LogP contribution >= 0.6 is 0 Å². The number of benzene rings is 1. The number of likely N-dealkylation sites (N-methyl/N-ethyl adjacent to an activating group) is 1. The molecule has 1 aliphatic carbocycles. The molecule has 1 aromatic carbocycles. The molecule has 1 atom stereocenters. The quantitative estimate of drug-likeness (QED) is 0.616. The molecule has 1 heterocycles. The molecule has 5 nitrogen and oxygen atoms in total. The average Bonchev–Trinajstić information content (AvgIpc) is 2.71. The molecule has 0 bridgehead atoms. The first kappa shape index (κ1) is 20.2. The predicted molar refractivity (Wildman–Crippen MR) is 112 cm³/mol. The van der Waals surface area contributed by atoms with E-state index in [4.69, 9.17) is 4.74 Å². The van der Waals surface area contributed by atoms with E-state index in [1.165, 1.54) is 42.4 Å². The number of fused-ring (bicyclic) bond motifs is 1. The van der Waals surface area contributed by atoms with E-state index in [1.54, 1.807) is 0 Å². The predicted octanol–water partition coefficient (Wildman–Crippen LogP) is 2.90. The second kappa shape index (κ2) is 9.07. The van der Waals surface area contributed by atoms with Crippen molar-refractivity contribution in [2.24, 2.45) is 4.99 Å². The van der Waals surface area contributed by atoms with Crippen molar-refractivity contribution in [2.75, 3.05) is 40.9 Å². The third-order valence-electron chi connectivity index (χ3n) is 6.41. The van der Waals surface area contributed by atoms with Crippen molar-refractivity contribution in [3.8, 4) is 0 Å². The summed E-state index contributed by atoms with van der Waals surface area (Å²) >= 11 is 0. The first-order valence-corrected chi connectivity index (χ1v) is 10.4. The van der Waals surface area contributed by atoms with E-state index in [0.29, 0.717) is 0 Å². The maximum atomic E-state index is 5.58. The summed E-state index contributed by atoms with van der Waals surface area (Å²) in [5, 5.41) is 7.14. The number of aryl methyl sites for hydroxylation is 2. The van der Waals surface area contributed by atoms with Gasteiger partial charge in [0.05, 0.1) is 6.04 Å². The molecule has 27 heavy (non-hydrogen) atoms. The third kappa shape index (κ3) is 4.82. The van der Waals surface area contributed by atoms with Crippen molar-refractivity contribution in [1.29, 1.82) is 0 Å². The van der Waals surface area contributed by atoms with Crippen LogP contribution in [0.4, 0.5) is 0 Å². The highest BCUT2D eigenvalue weighted by molar-refractivity contribution is 5.80. The Hall–Kier alpha value is -1.59. The Morgan fingerprint density at radius 1 is 1.19 bits per heavy atom. The van der Waals surface area contributed by atoms with Gasteiger partial charge in [-0.1, -0.05) is 18.2 Å². The fourth-order valence-corrected chi connectivity index (χ4v) is 4.29. The number of hydrogen-bond donors (Lipinski definition) is 2. The standard InChI is InChI=1S/C22H36N4O/c1-17(19-10-9-18-7-5-6-8-20(18)15-19)25-21(23-2)24-16-22(26(3)4)11-13-27-14-12-22/h9-10,15,17H,5-8,11-14,16H2,1-4H3,(H2,23,24,25). The molecule has 0 saturated carbocycles. The Kier molecular flexibility index (Phi) is 6.77. The minimum Gasteiger partial charge on any atom is -0.381 e. The Balaban J connectivity index is 1.61. The average molecular weight is 373 g/mol. The lowest BCUT2D eigenvalue weighted by molar-refractivity contribution is -0.00502. The molecular weight excluding hydrogens is 336 g/mol. The van der Waals surface area contributed by atoms with Gasteiger partial charge in [0.15, 0.2) is 5.96 Å². The fraction of sp³-hybridized carbons (Fsp3) is 0.682. The summed E-state index contributed by atoms with van der Waals surface area (Å²) < 4.78 is 5.58. The van der Waals surface area contributed by atoms with Crippen LogP contribution in [0.2, 0.25) is 0 Å². The Morgan fingerprint density at radius 2 is 1.89 bits per heavy atom. The number of hydrogen-bond acceptors (Lipinski definition) is 3. The molecule has 1 saturated heterocycles. The van der Waals surface area contributed by atoms with Crippen LogP contribution in [-0.2, 0) is 17.6 Å². The van der Waals surface area contributed by atoms with Crippen LogP contribution in [0.15, 0.2) is 23.2 Å². The monoisotopic (exact) mass is 372 g/mol. The van der Waals surface area contributed by atoms with Crippen molar-refractivity contribution in [3.05, 3.63) is 34.9 Å². The van der Waals surface area contributed by atoms with Gasteiger partial charge in [0, 0.05) is 32.3 Å². The maximum Gasteiger partial charge on any atom is 0.191 e. The van der Waals surface area contributed by atoms with Crippen molar-refractivity contribution in [2.45, 2.75) is 57.0 Å². The van der Waals surface area contributed by atoms with E-state index in [-0.39, 0.29) is 11.6 Å². The van der Waals surface area contributed by atoms with Crippen LogP contribution < -0.4 is 10.6 Å². The molecule has 150 valence electrons. The van der Waals surface area contributed by atoms with Gasteiger partial charge >= 0.3 is 0 Å². The topological polar surface area (TPSA) is 48.9 Å². The number of ether oxygens (including phenoxy) is 1. The molecule has 2 aliphatic rings. The first-order chi connectivity index (χ1) is 13.0. The summed E-state index contributed by atoms with van der Waals surface area (Å²) in [5.74, 6) is 0.868. The zero-order chi connectivity index (χ0) is 19.3. The van der Waals surface area contributed by atoms with Gasteiger partial charge in [-0.2, -0.15) is 0 Å². The van der Waals surface area contributed by atoms with E-state index < -0.39 is 0 Å². The molecule has 3 rings (SSSR count). The van der Waals surface area contributed by atoms with E-state index in [1.807, 2.05) is 7.05 Å². The molecule has 1 fully saturated rings. The van der Waals surface area contributed by atoms with Gasteiger partial charge in [-0.3, -0.25) is 4.99 Å². The smallest absolute Gasteiger partial charge is 0.191 e. The van der Waals surface area contributed by atoms with Crippen LogP contribution in [0.3, 0.4) is 0 Å². The van der Waals surface area contributed by atoms with Crippen molar-refractivity contribution in [3.63, 3.8) is 0 Å². The summed E-state index contributed by atoms with van der Waals surface area (Å²) in [5.41, 5.74) is 4.54. The number of nitrogens with one attached hydrogen (secondary N) is 2. The minimum absolute atomic E-state index is 0.130. The molecule has 2 N–H and O–H groups in total. The Morgan fingerprint density at radius 3 is 2.56 bits per heavy atom. The van der Waals surface area contributed by atoms with Gasteiger partial charge < -0.3 is 20.3 Å². The first-order valence-electron chi connectivity index (χ1n) is 10.4. The van der Waals surface area contributed by atoms with Crippen LogP contribution in [-0.4, -0.2) is 57.3 Å². The molecular formula is C22H36N4O. The molecule has 0 amide bonds. The highest BCUT2D eigenvalue weighted by Gasteiger charge is 2.34. The second-order valence-electron chi connectivity index (χ2n) is 8.26. The van der Waals surface area contributed by atoms with Crippen molar-refractivity contribution < 1.29 is 4.74 Å². The molecule has 0 spiro atoms. The van der Waals surface area contributed by atoms with Crippen LogP contribution in [0.25, 0.3) is 0 Å².